The molecule has 2 rings (SSSR count). The molecule has 2 amide bonds. The average Bonchev–Trinajstić information content (AvgIpc) is 2.73. The Labute approximate surface area is 119 Å². The lowest BCUT2D eigenvalue weighted by Crippen LogP contribution is -2.31. The number of hydrogen-bond donors (Lipinski definition) is 2. The average molecular weight is 272 g/mol. The van der Waals surface area contributed by atoms with Crippen molar-refractivity contribution < 1.29 is 4.79 Å². The number of carbonyl (C=O) groups excluding carboxylic acids is 1. The molecule has 0 aliphatic heterocycles. The van der Waals surface area contributed by atoms with Gasteiger partial charge in [0.25, 0.3) is 0 Å². The van der Waals surface area contributed by atoms with Gasteiger partial charge in [-0.3, -0.25) is 4.68 Å². The molecule has 0 saturated carbocycles. The van der Waals surface area contributed by atoms with Crippen LogP contribution in [0.2, 0.25) is 0 Å². The van der Waals surface area contributed by atoms with Crippen molar-refractivity contribution in [3.05, 3.63) is 47.3 Å². The molecule has 2 N–H and O–H groups in total. The van der Waals surface area contributed by atoms with Crippen molar-refractivity contribution in [2.45, 2.75) is 26.8 Å². The Hall–Kier alpha value is -2.30. The minimum Gasteiger partial charge on any atom is -0.331 e. The first kappa shape index (κ1) is 14.1. The number of urea groups is 1. The van der Waals surface area contributed by atoms with Crippen molar-refractivity contribution in [3.8, 4) is 0 Å². The highest BCUT2D eigenvalue weighted by Gasteiger charge is 2.14. The first-order valence-electron chi connectivity index (χ1n) is 6.60. The topological polar surface area (TPSA) is 59.0 Å². The van der Waals surface area contributed by atoms with E-state index in [1.807, 2.05) is 52.1 Å². The van der Waals surface area contributed by atoms with Crippen LogP contribution in [0.15, 0.2) is 30.5 Å². The fourth-order valence-corrected chi connectivity index (χ4v) is 2.02. The van der Waals surface area contributed by atoms with Gasteiger partial charge in [-0.15, -0.1) is 0 Å². The Balaban J connectivity index is 1.97. The molecule has 1 aromatic heterocycles. The van der Waals surface area contributed by atoms with Crippen LogP contribution in [0.5, 0.6) is 0 Å². The summed E-state index contributed by atoms with van der Waals surface area (Å²) < 4.78 is 1.80. The van der Waals surface area contributed by atoms with E-state index in [1.54, 1.807) is 10.9 Å². The Bertz CT molecular complexity index is 601. The quantitative estimate of drug-likeness (QED) is 0.902. The van der Waals surface area contributed by atoms with E-state index in [0.717, 1.165) is 22.5 Å². The molecule has 5 heteroatoms. The van der Waals surface area contributed by atoms with Gasteiger partial charge in [-0.1, -0.05) is 17.7 Å². The molecule has 0 saturated heterocycles. The largest absolute Gasteiger partial charge is 0.331 e. The Kier molecular flexibility index (Phi) is 4.08. The lowest BCUT2D eigenvalue weighted by Gasteiger charge is -2.14. The van der Waals surface area contributed by atoms with Crippen molar-refractivity contribution in [2.24, 2.45) is 7.05 Å². The summed E-state index contributed by atoms with van der Waals surface area (Å²) in [7, 11) is 1.89. The zero-order valence-electron chi connectivity index (χ0n) is 12.3. The molecule has 0 radical (unpaired) electrons. The van der Waals surface area contributed by atoms with Crippen molar-refractivity contribution in [2.75, 3.05) is 5.32 Å². The number of carbonyl (C=O) groups is 1. The number of nitrogens with one attached hydrogen (secondary N) is 2. The molecule has 0 bridgehead atoms. The second-order valence-electron chi connectivity index (χ2n) is 5.00. The molecule has 2 aromatic rings. The van der Waals surface area contributed by atoms with Crippen LogP contribution < -0.4 is 10.6 Å². The van der Waals surface area contributed by atoms with Gasteiger partial charge in [0.1, 0.15) is 0 Å². The van der Waals surface area contributed by atoms with E-state index in [4.69, 9.17) is 0 Å². The zero-order valence-corrected chi connectivity index (χ0v) is 12.3. The number of aromatic nitrogens is 2. The number of rotatable bonds is 3. The highest BCUT2D eigenvalue weighted by atomic mass is 16.2. The van der Waals surface area contributed by atoms with E-state index in [2.05, 4.69) is 15.7 Å². The van der Waals surface area contributed by atoms with E-state index in [-0.39, 0.29) is 12.1 Å². The van der Waals surface area contributed by atoms with Gasteiger partial charge in [0.2, 0.25) is 0 Å². The van der Waals surface area contributed by atoms with Gasteiger partial charge < -0.3 is 10.6 Å². The molecule has 20 heavy (non-hydrogen) atoms. The van der Waals surface area contributed by atoms with E-state index >= 15 is 0 Å². The summed E-state index contributed by atoms with van der Waals surface area (Å²) in [5.41, 5.74) is 4.01. The molecular formula is C15H20N4O. The molecule has 1 aromatic carbocycles. The van der Waals surface area contributed by atoms with Gasteiger partial charge in [-0.25, -0.2) is 4.79 Å². The fourth-order valence-electron chi connectivity index (χ4n) is 2.02. The van der Waals surface area contributed by atoms with Gasteiger partial charge >= 0.3 is 6.03 Å². The standard InChI is InChI=1S/C15H20N4O/c1-10-5-7-13(8-6-10)18-15(20)17-11(2)14-9-16-19(4)12(14)3/h5-9,11H,1-4H3,(H2,17,18,20). The van der Waals surface area contributed by atoms with Crippen LogP contribution in [0, 0.1) is 13.8 Å². The lowest BCUT2D eigenvalue weighted by atomic mass is 10.1. The van der Waals surface area contributed by atoms with Gasteiger partial charge in [-0.05, 0) is 32.9 Å². The molecule has 0 aliphatic rings. The second kappa shape index (κ2) is 5.77. The summed E-state index contributed by atoms with van der Waals surface area (Å²) in [5.74, 6) is 0. The second-order valence-corrected chi connectivity index (χ2v) is 5.00. The molecule has 106 valence electrons. The van der Waals surface area contributed by atoms with Gasteiger partial charge in [0.15, 0.2) is 0 Å². The van der Waals surface area contributed by atoms with Gasteiger partial charge in [0, 0.05) is 24.0 Å². The zero-order chi connectivity index (χ0) is 14.7. The maximum absolute atomic E-state index is 11.9. The van der Waals surface area contributed by atoms with Crippen molar-refractivity contribution in [1.29, 1.82) is 0 Å². The first-order chi connectivity index (χ1) is 9.47. The van der Waals surface area contributed by atoms with E-state index in [9.17, 15) is 4.79 Å². The summed E-state index contributed by atoms with van der Waals surface area (Å²) in [6.07, 6.45) is 1.78. The molecule has 1 atom stereocenters. The van der Waals surface area contributed by atoms with Crippen LogP contribution in [0.3, 0.4) is 0 Å². The summed E-state index contributed by atoms with van der Waals surface area (Å²) >= 11 is 0. The number of benzene rings is 1. The molecule has 1 unspecified atom stereocenters. The monoisotopic (exact) mass is 272 g/mol. The molecule has 0 aliphatic carbocycles. The molecule has 5 nitrogen and oxygen atoms in total. The highest BCUT2D eigenvalue weighted by Crippen LogP contribution is 2.16. The fraction of sp³-hybridized carbons (Fsp3) is 0.333. The van der Waals surface area contributed by atoms with Crippen LogP contribution in [0.4, 0.5) is 10.5 Å². The molecule has 1 heterocycles. The van der Waals surface area contributed by atoms with Gasteiger partial charge in [-0.2, -0.15) is 5.10 Å². The smallest absolute Gasteiger partial charge is 0.319 e. The van der Waals surface area contributed by atoms with Crippen molar-refractivity contribution in [3.63, 3.8) is 0 Å². The highest BCUT2D eigenvalue weighted by molar-refractivity contribution is 5.89. The third kappa shape index (κ3) is 3.17. The third-order valence-electron chi connectivity index (χ3n) is 3.40. The first-order valence-corrected chi connectivity index (χ1v) is 6.60. The number of hydrogen-bond acceptors (Lipinski definition) is 2. The van der Waals surface area contributed by atoms with Crippen molar-refractivity contribution >= 4 is 11.7 Å². The van der Waals surface area contributed by atoms with Crippen LogP contribution in [0.25, 0.3) is 0 Å². The normalized spacial score (nSPS) is 12.0. The van der Waals surface area contributed by atoms with Crippen LogP contribution in [0.1, 0.15) is 29.8 Å². The molecule has 0 fully saturated rings. The Morgan fingerprint density at radius 3 is 2.45 bits per heavy atom. The van der Waals surface area contributed by atoms with Crippen LogP contribution >= 0.6 is 0 Å². The maximum atomic E-state index is 11.9. The number of anilines is 1. The third-order valence-corrected chi connectivity index (χ3v) is 3.40. The minimum atomic E-state index is -0.218. The molecular weight excluding hydrogens is 252 g/mol. The lowest BCUT2D eigenvalue weighted by molar-refractivity contribution is 0.249. The van der Waals surface area contributed by atoms with Gasteiger partial charge in [0.05, 0.1) is 12.2 Å². The summed E-state index contributed by atoms with van der Waals surface area (Å²) in [5, 5.41) is 9.91. The van der Waals surface area contributed by atoms with Crippen LogP contribution in [-0.2, 0) is 7.05 Å². The summed E-state index contributed by atoms with van der Waals surface area (Å²) in [6, 6.07) is 7.39. The number of nitrogens with zero attached hydrogens (tertiary/aromatic N) is 2. The van der Waals surface area contributed by atoms with E-state index < -0.39 is 0 Å². The summed E-state index contributed by atoms with van der Waals surface area (Å²) in [4.78, 5) is 11.9. The maximum Gasteiger partial charge on any atom is 0.319 e. The van der Waals surface area contributed by atoms with Crippen molar-refractivity contribution in [1.82, 2.24) is 15.1 Å². The predicted octanol–water partition coefficient (Wildman–Crippen LogP) is 2.92. The number of aryl methyl sites for hydroxylation is 2. The molecule has 0 spiro atoms. The Morgan fingerprint density at radius 2 is 1.90 bits per heavy atom. The predicted molar refractivity (Wildman–Crippen MR) is 79.7 cm³/mol. The summed E-state index contributed by atoms with van der Waals surface area (Å²) in [6.45, 7) is 5.94. The Morgan fingerprint density at radius 1 is 1.25 bits per heavy atom. The minimum absolute atomic E-state index is 0.0888. The SMILES string of the molecule is Cc1ccc(NC(=O)NC(C)c2cnn(C)c2C)cc1. The van der Waals surface area contributed by atoms with E-state index in [1.165, 1.54) is 0 Å². The number of amides is 2. The van der Waals surface area contributed by atoms with E-state index in [0.29, 0.717) is 0 Å². The van der Waals surface area contributed by atoms with Crippen LogP contribution in [-0.4, -0.2) is 15.8 Å².